The van der Waals surface area contributed by atoms with E-state index in [4.69, 9.17) is 9.84 Å². The third-order valence-corrected chi connectivity index (χ3v) is 3.38. The van der Waals surface area contributed by atoms with E-state index in [2.05, 4.69) is 4.74 Å². The van der Waals surface area contributed by atoms with Gasteiger partial charge in [0.05, 0.1) is 19.8 Å². The molecule has 0 aromatic carbocycles. The second kappa shape index (κ2) is 7.88. The fourth-order valence-corrected chi connectivity index (χ4v) is 2.20. The van der Waals surface area contributed by atoms with Crippen LogP contribution < -0.4 is 0 Å². The Kier molecular flexibility index (Phi) is 6.48. The molecule has 0 unspecified atom stereocenters. The fraction of sp³-hybridized carbons (Fsp3) is 0.467. The molecule has 0 radical (unpaired) electrons. The molecule has 0 bridgehead atoms. The third-order valence-electron chi connectivity index (χ3n) is 3.38. The zero-order valence-corrected chi connectivity index (χ0v) is 12.4. The van der Waals surface area contributed by atoms with Gasteiger partial charge in [-0.05, 0) is 25.0 Å². The largest absolute Gasteiger partial charge is 0.478 e. The van der Waals surface area contributed by atoms with Crippen molar-refractivity contribution >= 4 is 11.9 Å². The average Bonchev–Trinajstić information content (AvgIpc) is 2.46. The molecule has 7 nitrogen and oxygen atoms in total. The number of methoxy groups -OCH3 is 1. The maximum Gasteiger partial charge on any atom is 0.330 e. The molecule has 0 amide bonds. The summed E-state index contributed by atoms with van der Waals surface area (Å²) in [5.74, 6) is -1.72. The van der Waals surface area contributed by atoms with Crippen LogP contribution >= 0.6 is 0 Å². The van der Waals surface area contributed by atoms with Crippen molar-refractivity contribution in [2.24, 2.45) is 0 Å². The number of carboxylic acid groups (broad SMARTS) is 1. The van der Waals surface area contributed by atoms with Crippen LogP contribution in [0.2, 0.25) is 0 Å². The van der Waals surface area contributed by atoms with Crippen molar-refractivity contribution in [3.05, 3.63) is 36.0 Å². The summed E-state index contributed by atoms with van der Waals surface area (Å²) in [5.41, 5.74) is -1.21. The van der Waals surface area contributed by atoms with Gasteiger partial charge in [0, 0.05) is 12.2 Å². The third kappa shape index (κ3) is 4.27. The number of carbonyl (C=O) groups excluding carboxylic acids is 1. The Morgan fingerprint density at radius 2 is 2.14 bits per heavy atom. The molecule has 1 aliphatic heterocycles. The minimum absolute atomic E-state index is 0.159. The van der Waals surface area contributed by atoms with E-state index in [-0.39, 0.29) is 18.6 Å². The van der Waals surface area contributed by atoms with Gasteiger partial charge in [0.25, 0.3) is 0 Å². The van der Waals surface area contributed by atoms with E-state index in [0.717, 1.165) is 12.2 Å². The second-order valence-corrected chi connectivity index (χ2v) is 4.83. The van der Waals surface area contributed by atoms with E-state index in [1.165, 1.54) is 32.3 Å². The predicted molar refractivity (Wildman–Crippen MR) is 77.0 cm³/mol. The van der Waals surface area contributed by atoms with Crippen molar-refractivity contribution in [3.63, 3.8) is 0 Å². The number of aliphatic hydroxyl groups excluding tert-OH is 2. The number of aliphatic hydroxyl groups is 2. The molecular formula is C15H20O7. The van der Waals surface area contributed by atoms with Gasteiger partial charge < -0.3 is 24.8 Å². The molecule has 0 spiro atoms. The Balaban J connectivity index is 3.04. The van der Waals surface area contributed by atoms with Crippen LogP contribution in [0.4, 0.5) is 0 Å². The van der Waals surface area contributed by atoms with Gasteiger partial charge in [-0.15, -0.1) is 0 Å². The van der Waals surface area contributed by atoms with Gasteiger partial charge >= 0.3 is 11.9 Å². The molecule has 1 heterocycles. The molecule has 0 saturated carbocycles. The molecule has 1 rings (SSSR count). The first-order chi connectivity index (χ1) is 10.3. The molecule has 22 heavy (non-hydrogen) atoms. The first-order valence-electron chi connectivity index (χ1n) is 6.71. The molecule has 1 saturated heterocycles. The van der Waals surface area contributed by atoms with E-state index in [9.17, 15) is 19.8 Å². The van der Waals surface area contributed by atoms with Crippen molar-refractivity contribution in [1.82, 2.24) is 0 Å². The van der Waals surface area contributed by atoms with E-state index in [1.807, 2.05) is 0 Å². The molecule has 3 atom stereocenters. The van der Waals surface area contributed by atoms with Gasteiger partial charge in [0.2, 0.25) is 0 Å². The van der Waals surface area contributed by atoms with Crippen LogP contribution in [0.1, 0.15) is 13.3 Å². The van der Waals surface area contributed by atoms with E-state index in [0.29, 0.717) is 0 Å². The number of hydrogen-bond acceptors (Lipinski definition) is 6. The fourth-order valence-electron chi connectivity index (χ4n) is 2.20. The van der Waals surface area contributed by atoms with Crippen LogP contribution in [0.5, 0.6) is 0 Å². The molecule has 0 aromatic heterocycles. The highest BCUT2D eigenvalue weighted by Gasteiger charge is 2.45. The molecule has 1 aliphatic rings. The van der Waals surface area contributed by atoms with Gasteiger partial charge in [-0.1, -0.05) is 12.2 Å². The summed E-state index contributed by atoms with van der Waals surface area (Å²) in [6.07, 6.45) is 4.14. The first kappa shape index (κ1) is 18.1. The van der Waals surface area contributed by atoms with Crippen LogP contribution in [-0.4, -0.2) is 58.8 Å². The molecule has 3 N–H and O–H groups in total. The summed E-state index contributed by atoms with van der Waals surface area (Å²) in [6, 6.07) is 0. The van der Waals surface area contributed by atoms with Crippen molar-refractivity contribution in [2.75, 3.05) is 13.7 Å². The lowest BCUT2D eigenvalue weighted by molar-refractivity contribution is -0.153. The predicted octanol–water partition coefficient (Wildman–Crippen LogP) is 0.184. The Hall–Kier alpha value is -1.96. The van der Waals surface area contributed by atoms with Crippen LogP contribution in [0.25, 0.3) is 0 Å². The maximum absolute atomic E-state index is 11.0. The SMILES string of the molecule is COC(=O)/C=C\C=C\[C@]1([C@H](C)O)OCC/C(=C\C(=O)O)[C@@H]1O. The van der Waals surface area contributed by atoms with Crippen LogP contribution in [0, 0.1) is 0 Å². The quantitative estimate of drug-likeness (QED) is 0.377. The number of carbonyl (C=O) groups is 2. The molecule has 122 valence electrons. The highest BCUT2D eigenvalue weighted by atomic mass is 16.5. The molecular weight excluding hydrogens is 292 g/mol. The average molecular weight is 312 g/mol. The maximum atomic E-state index is 11.0. The number of hydrogen-bond donors (Lipinski definition) is 3. The lowest BCUT2D eigenvalue weighted by atomic mass is 9.82. The standard InChI is InChI=1S/C15H20O7/c1-10(16)15(7-4-3-5-13(19)21-2)14(20)11(6-8-22-15)9-12(17)18/h3-5,7,9-10,14,16,20H,6,8H2,1-2H3,(H,17,18)/b5-3-,7-4+,11-9+/t10-,14-,15+/m0/s1. The van der Waals surface area contributed by atoms with Gasteiger partial charge in [0.1, 0.15) is 11.7 Å². The van der Waals surface area contributed by atoms with E-state index < -0.39 is 29.7 Å². The van der Waals surface area contributed by atoms with Gasteiger partial charge in [0.15, 0.2) is 0 Å². The van der Waals surface area contributed by atoms with Crippen LogP contribution in [-0.2, 0) is 19.1 Å². The van der Waals surface area contributed by atoms with Crippen LogP contribution in [0.15, 0.2) is 36.0 Å². The zero-order valence-electron chi connectivity index (χ0n) is 12.4. The Labute approximate surface area is 128 Å². The topological polar surface area (TPSA) is 113 Å². The van der Waals surface area contributed by atoms with Crippen molar-refractivity contribution < 1.29 is 34.4 Å². The summed E-state index contributed by atoms with van der Waals surface area (Å²) >= 11 is 0. The highest BCUT2D eigenvalue weighted by Crippen LogP contribution is 2.33. The van der Waals surface area contributed by atoms with E-state index >= 15 is 0 Å². The molecule has 1 fully saturated rings. The van der Waals surface area contributed by atoms with Crippen molar-refractivity contribution in [3.8, 4) is 0 Å². The lowest BCUT2D eigenvalue weighted by Gasteiger charge is -2.42. The summed E-state index contributed by atoms with van der Waals surface area (Å²) < 4.78 is 9.95. The molecule has 0 aliphatic carbocycles. The van der Waals surface area contributed by atoms with Gasteiger partial charge in [-0.3, -0.25) is 0 Å². The van der Waals surface area contributed by atoms with Crippen LogP contribution in [0.3, 0.4) is 0 Å². The summed E-state index contributed by atoms with van der Waals surface area (Å²) in [4.78, 5) is 21.8. The van der Waals surface area contributed by atoms with Crippen molar-refractivity contribution in [1.29, 1.82) is 0 Å². The first-order valence-corrected chi connectivity index (χ1v) is 6.71. The Morgan fingerprint density at radius 1 is 1.45 bits per heavy atom. The Morgan fingerprint density at radius 3 is 2.68 bits per heavy atom. The lowest BCUT2D eigenvalue weighted by Crippen LogP contribution is -2.55. The minimum atomic E-state index is -1.47. The van der Waals surface area contributed by atoms with Gasteiger partial charge in [-0.2, -0.15) is 0 Å². The zero-order chi connectivity index (χ0) is 16.8. The number of carboxylic acids is 1. The summed E-state index contributed by atoms with van der Waals surface area (Å²) in [7, 11) is 1.24. The highest BCUT2D eigenvalue weighted by molar-refractivity contribution is 5.82. The number of aliphatic carboxylic acids is 1. The number of rotatable bonds is 5. The van der Waals surface area contributed by atoms with E-state index in [1.54, 1.807) is 0 Å². The second-order valence-electron chi connectivity index (χ2n) is 4.83. The number of esters is 1. The smallest absolute Gasteiger partial charge is 0.330 e. The molecule has 7 heteroatoms. The number of allylic oxidation sites excluding steroid dienone is 2. The summed E-state index contributed by atoms with van der Waals surface area (Å²) in [5, 5.41) is 29.2. The number of ether oxygens (including phenoxy) is 2. The van der Waals surface area contributed by atoms with Crippen molar-refractivity contribution in [2.45, 2.75) is 31.2 Å². The minimum Gasteiger partial charge on any atom is -0.478 e. The van der Waals surface area contributed by atoms with Gasteiger partial charge in [-0.25, -0.2) is 9.59 Å². The Bertz CT molecular complexity index is 504. The molecule has 0 aromatic rings. The normalized spacial score (nSPS) is 29.1. The summed E-state index contributed by atoms with van der Waals surface area (Å²) in [6.45, 7) is 1.59. The monoisotopic (exact) mass is 312 g/mol.